The number of imide groups is 1. The molecule has 0 unspecified atom stereocenters. The van der Waals surface area contributed by atoms with Crippen LogP contribution in [0.25, 0.3) is 0 Å². The summed E-state index contributed by atoms with van der Waals surface area (Å²) in [6.45, 7) is 3.31. The zero-order valence-corrected chi connectivity index (χ0v) is 11.2. The quantitative estimate of drug-likeness (QED) is 0.617. The number of piperazine rings is 1. The van der Waals surface area contributed by atoms with Crippen LogP contribution in [0, 0.1) is 0 Å². The lowest BCUT2D eigenvalue weighted by atomic mass is 9.99. The molecule has 0 spiro atoms. The van der Waals surface area contributed by atoms with Crippen molar-refractivity contribution < 1.29 is 9.59 Å². The molecular weight excluding hydrogens is 279 g/mol. The number of hydrogen-bond acceptors (Lipinski definition) is 5. The van der Waals surface area contributed by atoms with Crippen LogP contribution in [-0.2, 0) is 9.59 Å². The van der Waals surface area contributed by atoms with Crippen LogP contribution >= 0.6 is 23.2 Å². The first-order valence-electron chi connectivity index (χ1n) is 5.12. The Balaban J connectivity index is 2.50. The van der Waals surface area contributed by atoms with Crippen LogP contribution in [0.2, 0.25) is 10.3 Å². The van der Waals surface area contributed by atoms with Crippen LogP contribution in [-0.4, -0.2) is 33.9 Å². The van der Waals surface area contributed by atoms with E-state index in [4.69, 9.17) is 23.2 Å². The molecule has 2 heterocycles. The SMILES string of the molecule is CC1(C)C(=O)NC(=O)CN1c1nc(Cl)ncc1Cl. The number of nitrogens with one attached hydrogen (secondary N) is 1. The van der Waals surface area contributed by atoms with Gasteiger partial charge in [0, 0.05) is 0 Å². The average Bonchev–Trinajstić information content (AvgIpc) is 2.27. The predicted molar refractivity (Wildman–Crippen MR) is 66.6 cm³/mol. The van der Waals surface area contributed by atoms with E-state index in [2.05, 4.69) is 15.3 Å². The Bertz CT molecular complexity index is 533. The Hall–Kier alpha value is -1.40. The lowest BCUT2D eigenvalue weighted by Gasteiger charge is -2.41. The first-order valence-corrected chi connectivity index (χ1v) is 5.88. The molecule has 1 fully saturated rings. The number of carbonyl (C=O) groups excluding carboxylic acids is 2. The van der Waals surface area contributed by atoms with Crippen molar-refractivity contribution in [3.63, 3.8) is 0 Å². The fraction of sp³-hybridized carbons (Fsp3) is 0.400. The van der Waals surface area contributed by atoms with Crippen LogP contribution in [0.5, 0.6) is 0 Å². The van der Waals surface area contributed by atoms with Crippen molar-refractivity contribution in [3.05, 3.63) is 16.5 Å². The largest absolute Gasteiger partial charge is 0.332 e. The standard InChI is InChI=1S/C10H10Cl2N4O2/c1-10(2)8(18)14-6(17)4-16(10)7-5(11)3-13-9(12)15-7/h3H,4H2,1-2H3,(H,14,17,18). The monoisotopic (exact) mass is 288 g/mol. The average molecular weight is 289 g/mol. The molecule has 1 aliphatic rings. The first-order chi connectivity index (χ1) is 8.32. The molecule has 0 aliphatic carbocycles. The van der Waals surface area contributed by atoms with Crippen molar-refractivity contribution in [2.24, 2.45) is 0 Å². The highest BCUT2D eigenvalue weighted by atomic mass is 35.5. The highest BCUT2D eigenvalue weighted by Gasteiger charge is 2.42. The Labute approximate surface area is 113 Å². The number of amides is 2. The smallest absolute Gasteiger partial charge is 0.251 e. The summed E-state index contributed by atoms with van der Waals surface area (Å²) in [7, 11) is 0. The van der Waals surface area contributed by atoms with E-state index in [1.807, 2.05) is 0 Å². The van der Waals surface area contributed by atoms with Gasteiger partial charge < -0.3 is 4.90 Å². The van der Waals surface area contributed by atoms with Crippen LogP contribution in [0.4, 0.5) is 5.82 Å². The van der Waals surface area contributed by atoms with Gasteiger partial charge in [-0.3, -0.25) is 14.9 Å². The van der Waals surface area contributed by atoms with E-state index in [1.54, 1.807) is 13.8 Å². The second kappa shape index (κ2) is 4.37. The van der Waals surface area contributed by atoms with Gasteiger partial charge in [0.05, 0.1) is 12.7 Å². The molecule has 1 saturated heterocycles. The zero-order chi connectivity index (χ0) is 13.5. The molecule has 1 aromatic rings. The van der Waals surface area contributed by atoms with E-state index < -0.39 is 17.4 Å². The molecule has 2 rings (SSSR count). The fourth-order valence-electron chi connectivity index (χ4n) is 1.65. The van der Waals surface area contributed by atoms with E-state index in [9.17, 15) is 9.59 Å². The van der Waals surface area contributed by atoms with Crippen molar-refractivity contribution in [2.45, 2.75) is 19.4 Å². The van der Waals surface area contributed by atoms with Crippen molar-refractivity contribution >= 4 is 40.8 Å². The van der Waals surface area contributed by atoms with Crippen LogP contribution in [0.1, 0.15) is 13.8 Å². The molecule has 1 N–H and O–H groups in total. The number of hydrogen-bond donors (Lipinski definition) is 1. The molecule has 1 aliphatic heterocycles. The second-order valence-electron chi connectivity index (χ2n) is 4.33. The molecule has 0 aromatic carbocycles. The minimum Gasteiger partial charge on any atom is -0.332 e. The summed E-state index contributed by atoms with van der Waals surface area (Å²) in [6, 6.07) is 0. The first kappa shape index (κ1) is 13.0. The summed E-state index contributed by atoms with van der Waals surface area (Å²) < 4.78 is 0. The number of rotatable bonds is 1. The zero-order valence-electron chi connectivity index (χ0n) is 9.70. The van der Waals surface area contributed by atoms with Gasteiger partial charge in [0.25, 0.3) is 5.91 Å². The lowest BCUT2D eigenvalue weighted by Crippen LogP contribution is -2.64. The van der Waals surface area contributed by atoms with E-state index >= 15 is 0 Å². The van der Waals surface area contributed by atoms with Crippen LogP contribution < -0.4 is 10.2 Å². The van der Waals surface area contributed by atoms with Crippen molar-refractivity contribution in [2.75, 3.05) is 11.4 Å². The number of halogens is 2. The Morgan fingerprint density at radius 2 is 2.06 bits per heavy atom. The van der Waals surface area contributed by atoms with E-state index in [0.29, 0.717) is 0 Å². The fourth-order valence-corrected chi connectivity index (χ4v) is 1.97. The minimum absolute atomic E-state index is 0.00336. The van der Waals surface area contributed by atoms with Gasteiger partial charge in [0.1, 0.15) is 10.6 Å². The van der Waals surface area contributed by atoms with Crippen LogP contribution in [0.15, 0.2) is 6.20 Å². The molecule has 2 amide bonds. The summed E-state index contributed by atoms with van der Waals surface area (Å²) in [5.74, 6) is -0.556. The molecule has 0 atom stereocenters. The second-order valence-corrected chi connectivity index (χ2v) is 5.08. The van der Waals surface area contributed by atoms with Gasteiger partial charge in [-0.15, -0.1) is 0 Å². The third-order valence-electron chi connectivity index (χ3n) is 2.74. The van der Waals surface area contributed by atoms with Crippen molar-refractivity contribution in [1.29, 1.82) is 0 Å². The summed E-state index contributed by atoms with van der Waals surface area (Å²) in [4.78, 5) is 32.5. The highest BCUT2D eigenvalue weighted by Crippen LogP contribution is 2.30. The highest BCUT2D eigenvalue weighted by molar-refractivity contribution is 6.33. The van der Waals surface area contributed by atoms with E-state index in [-0.39, 0.29) is 22.7 Å². The van der Waals surface area contributed by atoms with E-state index in [1.165, 1.54) is 11.1 Å². The molecule has 18 heavy (non-hydrogen) atoms. The Morgan fingerprint density at radius 1 is 1.39 bits per heavy atom. The Kier molecular flexibility index (Phi) is 3.16. The van der Waals surface area contributed by atoms with Crippen LogP contribution in [0.3, 0.4) is 0 Å². The van der Waals surface area contributed by atoms with Gasteiger partial charge in [-0.2, -0.15) is 4.98 Å². The van der Waals surface area contributed by atoms with E-state index in [0.717, 1.165) is 0 Å². The number of carbonyl (C=O) groups is 2. The molecule has 0 radical (unpaired) electrons. The maximum Gasteiger partial charge on any atom is 0.251 e. The third kappa shape index (κ3) is 2.13. The Morgan fingerprint density at radius 3 is 2.72 bits per heavy atom. The summed E-state index contributed by atoms with van der Waals surface area (Å²) in [5.41, 5.74) is -0.949. The maximum absolute atomic E-state index is 11.8. The van der Waals surface area contributed by atoms with Crippen molar-refractivity contribution in [1.82, 2.24) is 15.3 Å². The number of nitrogens with zero attached hydrogens (tertiary/aromatic N) is 3. The molecular formula is C10H10Cl2N4O2. The normalized spacial score (nSPS) is 18.8. The summed E-state index contributed by atoms with van der Waals surface area (Å²) >= 11 is 11.7. The molecule has 8 heteroatoms. The third-order valence-corrected chi connectivity index (χ3v) is 3.19. The predicted octanol–water partition coefficient (Wildman–Crippen LogP) is 1.02. The van der Waals surface area contributed by atoms with Gasteiger partial charge in [0.15, 0.2) is 5.82 Å². The van der Waals surface area contributed by atoms with Gasteiger partial charge in [-0.1, -0.05) is 11.6 Å². The summed E-state index contributed by atoms with van der Waals surface area (Å²) in [5, 5.41) is 2.50. The lowest BCUT2D eigenvalue weighted by molar-refractivity contribution is -0.135. The molecule has 96 valence electrons. The topological polar surface area (TPSA) is 75.2 Å². The minimum atomic E-state index is -0.949. The van der Waals surface area contributed by atoms with Crippen molar-refractivity contribution in [3.8, 4) is 0 Å². The number of aromatic nitrogens is 2. The van der Waals surface area contributed by atoms with Gasteiger partial charge in [-0.05, 0) is 25.4 Å². The maximum atomic E-state index is 11.8. The molecule has 1 aromatic heterocycles. The molecule has 0 saturated carbocycles. The summed E-state index contributed by atoms with van der Waals surface area (Å²) in [6.07, 6.45) is 1.33. The van der Waals surface area contributed by atoms with Gasteiger partial charge in [-0.25, -0.2) is 4.98 Å². The van der Waals surface area contributed by atoms with Gasteiger partial charge >= 0.3 is 0 Å². The van der Waals surface area contributed by atoms with Gasteiger partial charge in [0.2, 0.25) is 11.2 Å². The molecule has 0 bridgehead atoms. The molecule has 6 nitrogen and oxygen atoms in total. The number of anilines is 1.